The van der Waals surface area contributed by atoms with E-state index >= 15 is 0 Å². The van der Waals surface area contributed by atoms with Gasteiger partial charge in [0, 0.05) is 53.2 Å². The molecular weight excluding hydrogens is 238 g/mol. The number of amides is 1. The van der Waals surface area contributed by atoms with Crippen LogP contribution in [0.15, 0.2) is 0 Å². The zero-order chi connectivity index (χ0) is 13.6. The Labute approximate surface area is 107 Å². The molecule has 0 aromatic rings. The van der Waals surface area contributed by atoms with Crippen molar-refractivity contribution in [3.8, 4) is 0 Å². The van der Waals surface area contributed by atoms with Crippen molar-refractivity contribution in [3.05, 3.63) is 0 Å². The molecule has 1 amide bonds. The number of nitrogens with zero attached hydrogens (tertiary/aromatic N) is 1. The smallest absolute Gasteiger partial charge is 0.336 e. The Balaban J connectivity index is 2.43. The largest absolute Gasteiger partial charge is 0.479 e. The van der Waals surface area contributed by atoms with E-state index in [0.29, 0.717) is 45.4 Å². The third-order valence-corrected chi connectivity index (χ3v) is 3.44. The van der Waals surface area contributed by atoms with E-state index in [9.17, 15) is 9.59 Å². The molecule has 1 fully saturated rings. The first-order valence-electron chi connectivity index (χ1n) is 6.11. The summed E-state index contributed by atoms with van der Waals surface area (Å²) in [4.78, 5) is 24.7. The maximum absolute atomic E-state index is 11.8. The molecule has 18 heavy (non-hydrogen) atoms. The number of likely N-dealkylation sites (tertiary alicyclic amines) is 1. The molecule has 0 bridgehead atoms. The molecule has 1 aliphatic rings. The van der Waals surface area contributed by atoms with E-state index < -0.39 is 11.6 Å². The Morgan fingerprint density at radius 1 is 1.28 bits per heavy atom. The highest BCUT2D eigenvalue weighted by Crippen LogP contribution is 2.26. The fourth-order valence-electron chi connectivity index (χ4n) is 2.15. The van der Waals surface area contributed by atoms with Crippen LogP contribution in [0.3, 0.4) is 0 Å². The number of hydrogen-bond donors (Lipinski definition) is 1. The lowest BCUT2D eigenvalue weighted by molar-refractivity contribution is -0.170. The lowest BCUT2D eigenvalue weighted by Gasteiger charge is -2.37. The maximum atomic E-state index is 11.8. The fraction of sp³-hybridized carbons (Fsp3) is 0.833. The molecule has 0 aromatic carbocycles. The van der Waals surface area contributed by atoms with Crippen molar-refractivity contribution in [2.45, 2.75) is 31.3 Å². The van der Waals surface area contributed by atoms with Crippen molar-refractivity contribution < 1.29 is 24.2 Å². The summed E-state index contributed by atoms with van der Waals surface area (Å²) >= 11 is 0. The number of methoxy groups -OCH3 is 2. The van der Waals surface area contributed by atoms with Crippen LogP contribution in [0.5, 0.6) is 0 Å². The summed E-state index contributed by atoms with van der Waals surface area (Å²) in [5.74, 6) is -0.890. The van der Waals surface area contributed by atoms with Gasteiger partial charge in [-0.2, -0.15) is 0 Å². The normalized spacial score (nSPS) is 18.7. The fourth-order valence-corrected chi connectivity index (χ4v) is 2.15. The molecule has 6 nitrogen and oxygen atoms in total. The molecule has 0 aliphatic carbocycles. The molecule has 0 radical (unpaired) electrons. The Morgan fingerprint density at radius 3 is 2.33 bits per heavy atom. The zero-order valence-corrected chi connectivity index (χ0v) is 11.0. The van der Waals surface area contributed by atoms with Gasteiger partial charge in [-0.05, 0) is 6.42 Å². The summed E-state index contributed by atoms with van der Waals surface area (Å²) in [5, 5.41) is 9.14. The minimum atomic E-state index is -1.12. The quantitative estimate of drug-likeness (QED) is 0.703. The van der Waals surface area contributed by atoms with Crippen LogP contribution in [0.1, 0.15) is 25.7 Å². The summed E-state index contributed by atoms with van der Waals surface area (Å²) in [6, 6.07) is 0. The van der Waals surface area contributed by atoms with Crippen LogP contribution < -0.4 is 0 Å². The van der Waals surface area contributed by atoms with E-state index in [1.807, 2.05) is 0 Å². The Kier molecular flexibility index (Phi) is 5.55. The third-order valence-electron chi connectivity index (χ3n) is 3.44. The predicted octanol–water partition coefficient (Wildman–Crippen LogP) is 0.505. The molecule has 0 aromatic heterocycles. The molecule has 0 saturated carbocycles. The Morgan fingerprint density at radius 2 is 1.89 bits per heavy atom. The second-order valence-corrected chi connectivity index (χ2v) is 4.48. The highest BCUT2D eigenvalue weighted by atomic mass is 16.5. The third kappa shape index (κ3) is 3.43. The standard InChI is InChI=1S/C12H21NO5/c1-17-9-3-4-10(14)13-7-5-12(18-2,6-8-13)11(15)16/h3-9H2,1-2H3,(H,15,16). The van der Waals surface area contributed by atoms with Crippen LogP contribution in [0.4, 0.5) is 0 Å². The minimum Gasteiger partial charge on any atom is -0.479 e. The molecule has 1 N–H and O–H groups in total. The lowest BCUT2D eigenvalue weighted by atomic mass is 9.91. The number of carbonyl (C=O) groups is 2. The van der Waals surface area contributed by atoms with E-state index in [1.54, 1.807) is 12.0 Å². The van der Waals surface area contributed by atoms with Crippen LogP contribution in [0.2, 0.25) is 0 Å². The van der Waals surface area contributed by atoms with Gasteiger partial charge in [0.05, 0.1) is 0 Å². The van der Waals surface area contributed by atoms with Crippen molar-refractivity contribution in [3.63, 3.8) is 0 Å². The second kappa shape index (κ2) is 6.70. The number of carbonyl (C=O) groups excluding carboxylic acids is 1. The van der Waals surface area contributed by atoms with Gasteiger partial charge in [-0.25, -0.2) is 4.79 Å². The first-order chi connectivity index (χ1) is 8.55. The van der Waals surface area contributed by atoms with Gasteiger partial charge in [-0.1, -0.05) is 0 Å². The first-order valence-corrected chi connectivity index (χ1v) is 6.11. The van der Waals surface area contributed by atoms with Gasteiger partial charge in [0.25, 0.3) is 0 Å². The lowest BCUT2D eigenvalue weighted by Crippen LogP contribution is -2.52. The molecule has 104 valence electrons. The summed E-state index contributed by atoms with van der Waals surface area (Å²) in [6.45, 7) is 1.44. The SMILES string of the molecule is COCCCC(=O)N1CCC(OC)(C(=O)O)CC1. The van der Waals surface area contributed by atoms with Gasteiger partial charge in [-0.3, -0.25) is 4.79 Å². The number of ether oxygens (including phenoxy) is 2. The average molecular weight is 259 g/mol. The van der Waals surface area contributed by atoms with Gasteiger partial charge in [0.1, 0.15) is 0 Å². The van der Waals surface area contributed by atoms with Gasteiger partial charge >= 0.3 is 5.97 Å². The monoisotopic (exact) mass is 259 g/mol. The molecule has 1 heterocycles. The van der Waals surface area contributed by atoms with E-state index in [0.717, 1.165) is 0 Å². The number of rotatable bonds is 6. The molecule has 1 saturated heterocycles. The molecule has 6 heteroatoms. The number of carboxylic acid groups (broad SMARTS) is 1. The van der Waals surface area contributed by atoms with Crippen molar-refractivity contribution in [2.75, 3.05) is 33.9 Å². The van der Waals surface area contributed by atoms with Crippen LogP contribution in [0, 0.1) is 0 Å². The van der Waals surface area contributed by atoms with Gasteiger partial charge in [0.2, 0.25) is 5.91 Å². The molecular formula is C12H21NO5. The van der Waals surface area contributed by atoms with E-state index in [4.69, 9.17) is 14.6 Å². The van der Waals surface area contributed by atoms with E-state index in [-0.39, 0.29) is 5.91 Å². The number of aliphatic carboxylic acids is 1. The minimum absolute atomic E-state index is 0.0575. The van der Waals surface area contributed by atoms with Crippen molar-refractivity contribution >= 4 is 11.9 Å². The van der Waals surface area contributed by atoms with Gasteiger partial charge in [-0.15, -0.1) is 0 Å². The van der Waals surface area contributed by atoms with Crippen molar-refractivity contribution in [1.82, 2.24) is 4.90 Å². The van der Waals surface area contributed by atoms with Crippen LogP contribution in [0.25, 0.3) is 0 Å². The maximum Gasteiger partial charge on any atom is 0.336 e. The van der Waals surface area contributed by atoms with E-state index in [2.05, 4.69) is 0 Å². The molecule has 1 rings (SSSR count). The van der Waals surface area contributed by atoms with Crippen molar-refractivity contribution in [2.24, 2.45) is 0 Å². The highest BCUT2D eigenvalue weighted by Gasteiger charge is 2.42. The number of piperidine rings is 1. The number of carboxylic acids is 1. The van der Waals surface area contributed by atoms with Gasteiger partial charge in [0.15, 0.2) is 5.60 Å². The summed E-state index contributed by atoms with van der Waals surface area (Å²) in [7, 11) is 3.01. The Bertz CT molecular complexity index is 297. The second-order valence-electron chi connectivity index (χ2n) is 4.48. The predicted molar refractivity (Wildman–Crippen MR) is 64.3 cm³/mol. The Hall–Kier alpha value is -1.14. The van der Waals surface area contributed by atoms with Crippen LogP contribution in [-0.4, -0.2) is 61.4 Å². The van der Waals surface area contributed by atoms with Gasteiger partial charge < -0.3 is 19.5 Å². The topological polar surface area (TPSA) is 76.1 Å². The van der Waals surface area contributed by atoms with E-state index in [1.165, 1.54) is 7.11 Å². The van der Waals surface area contributed by atoms with Crippen molar-refractivity contribution in [1.29, 1.82) is 0 Å². The molecule has 0 unspecified atom stereocenters. The van der Waals surface area contributed by atoms with Crippen LogP contribution in [-0.2, 0) is 19.1 Å². The van der Waals surface area contributed by atoms with Crippen LogP contribution >= 0.6 is 0 Å². The zero-order valence-electron chi connectivity index (χ0n) is 11.0. The molecule has 1 aliphatic heterocycles. The first kappa shape index (κ1) is 14.9. The number of hydrogen-bond acceptors (Lipinski definition) is 4. The summed E-state index contributed by atoms with van der Waals surface area (Å²) in [6.07, 6.45) is 1.82. The summed E-state index contributed by atoms with van der Waals surface area (Å²) < 4.78 is 10.0. The summed E-state index contributed by atoms with van der Waals surface area (Å²) in [5.41, 5.74) is -1.12. The average Bonchev–Trinajstić information content (AvgIpc) is 2.38. The highest BCUT2D eigenvalue weighted by molar-refractivity contribution is 5.79. The molecule has 0 spiro atoms. The molecule has 0 atom stereocenters.